The van der Waals surface area contributed by atoms with Crippen LogP contribution in [0.15, 0.2) is 36.4 Å². The summed E-state index contributed by atoms with van der Waals surface area (Å²) in [6.07, 6.45) is 0. The molecular weight excluding hydrogens is 322 g/mol. The van der Waals surface area contributed by atoms with Gasteiger partial charge in [0.05, 0.1) is 28.4 Å². The predicted molar refractivity (Wildman–Crippen MR) is 93.5 cm³/mol. The Labute approximate surface area is 145 Å². The molecule has 0 aliphatic heterocycles. The van der Waals surface area contributed by atoms with E-state index in [0.717, 1.165) is 16.9 Å². The number of benzene rings is 2. The molecule has 0 amide bonds. The Bertz CT molecular complexity index is 834. The number of aromatic nitrogens is 3. The van der Waals surface area contributed by atoms with Crippen molar-refractivity contribution < 1.29 is 18.9 Å². The van der Waals surface area contributed by atoms with E-state index >= 15 is 0 Å². The van der Waals surface area contributed by atoms with Crippen molar-refractivity contribution in [2.75, 3.05) is 28.4 Å². The molecule has 0 saturated carbocycles. The Balaban J connectivity index is 1.98. The molecule has 0 atom stereocenters. The van der Waals surface area contributed by atoms with Crippen LogP contribution < -0.4 is 18.9 Å². The summed E-state index contributed by atoms with van der Waals surface area (Å²) in [6, 6.07) is 11.2. The van der Waals surface area contributed by atoms with Gasteiger partial charge in [0.1, 0.15) is 5.75 Å². The molecule has 7 heteroatoms. The average Bonchev–Trinajstić information content (AvgIpc) is 3.17. The standard InChI is InChI=1S/C18H19N3O4/c1-22-13-7-5-11(6-8-13)17-19-18(21-20-17)12-9-14(23-2)16(25-4)15(10-12)24-3/h5-10H,1-4H3,(H,19,20,21). The van der Waals surface area contributed by atoms with E-state index in [1.807, 2.05) is 36.4 Å². The van der Waals surface area contributed by atoms with Gasteiger partial charge in [0, 0.05) is 11.1 Å². The van der Waals surface area contributed by atoms with Gasteiger partial charge in [-0.15, -0.1) is 0 Å². The SMILES string of the molecule is COc1ccc(-c2nc(-c3cc(OC)c(OC)c(OC)c3)n[nH]2)cc1. The maximum absolute atomic E-state index is 5.37. The van der Waals surface area contributed by atoms with Crippen molar-refractivity contribution in [1.29, 1.82) is 0 Å². The van der Waals surface area contributed by atoms with Crippen LogP contribution >= 0.6 is 0 Å². The Morgan fingerprint density at radius 1 is 0.760 bits per heavy atom. The van der Waals surface area contributed by atoms with Gasteiger partial charge >= 0.3 is 0 Å². The van der Waals surface area contributed by atoms with E-state index in [1.54, 1.807) is 28.4 Å². The zero-order valence-corrected chi connectivity index (χ0v) is 14.5. The molecule has 1 N–H and O–H groups in total. The zero-order valence-electron chi connectivity index (χ0n) is 14.5. The molecule has 0 aliphatic rings. The lowest BCUT2D eigenvalue weighted by molar-refractivity contribution is 0.324. The summed E-state index contributed by atoms with van der Waals surface area (Å²) < 4.78 is 21.2. The van der Waals surface area contributed by atoms with Gasteiger partial charge < -0.3 is 18.9 Å². The van der Waals surface area contributed by atoms with Crippen LogP contribution in [0.5, 0.6) is 23.0 Å². The van der Waals surface area contributed by atoms with E-state index in [0.29, 0.717) is 28.9 Å². The number of ether oxygens (including phenoxy) is 4. The molecule has 130 valence electrons. The van der Waals surface area contributed by atoms with Crippen LogP contribution in [0.3, 0.4) is 0 Å². The molecule has 25 heavy (non-hydrogen) atoms. The lowest BCUT2D eigenvalue weighted by Crippen LogP contribution is -1.96. The fourth-order valence-corrected chi connectivity index (χ4v) is 2.48. The molecule has 3 aromatic rings. The minimum absolute atomic E-state index is 0.527. The summed E-state index contributed by atoms with van der Waals surface area (Å²) in [7, 11) is 6.34. The lowest BCUT2D eigenvalue weighted by Gasteiger charge is -2.12. The van der Waals surface area contributed by atoms with Gasteiger partial charge in [-0.1, -0.05) is 0 Å². The van der Waals surface area contributed by atoms with Gasteiger partial charge in [-0.05, 0) is 36.4 Å². The Hall–Kier alpha value is -3.22. The van der Waals surface area contributed by atoms with Crippen LogP contribution in [0.4, 0.5) is 0 Å². The molecule has 0 saturated heterocycles. The first kappa shape index (κ1) is 16.6. The summed E-state index contributed by atoms with van der Waals surface area (Å²) in [5.74, 6) is 3.60. The molecule has 7 nitrogen and oxygen atoms in total. The first-order valence-electron chi connectivity index (χ1n) is 7.57. The van der Waals surface area contributed by atoms with Crippen LogP contribution in [0, 0.1) is 0 Å². The van der Waals surface area contributed by atoms with Crippen LogP contribution in [-0.2, 0) is 0 Å². The van der Waals surface area contributed by atoms with Crippen molar-refractivity contribution >= 4 is 0 Å². The molecule has 0 fully saturated rings. The first-order chi connectivity index (χ1) is 12.2. The summed E-state index contributed by atoms with van der Waals surface area (Å²) in [4.78, 5) is 4.55. The number of H-pyrrole nitrogens is 1. The number of hydrogen-bond donors (Lipinski definition) is 1. The highest BCUT2D eigenvalue weighted by molar-refractivity contribution is 5.68. The topological polar surface area (TPSA) is 78.5 Å². The summed E-state index contributed by atoms with van der Waals surface area (Å²) in [5.41, 5.74) is 1.66. The van der Waals surface area contributed by atoms with Crippen molar-refractivity contribution in [2.45, 2.75) is 0 Å². The first-order valence-corrected chi connectivity index (χ1v) is 7.57. The second-order valence-electron chi connectivity index (χ2n) is 5.15. The fourth-order valence-electron chi connectivity index (χ4n) is 2.48. The minimum Gasteiger partial charge on any atom is -0.497 e. The molecule has 2 aromatic carbocycles. The minimum atomic E-state index is 0.527. The van der Waals surface area contributed by atoms with Crippen molar-refractivity contribution in [3.8, 4) is 45.8 Å². The van der Waals surface area contributed by atoms with Crippen molar-refractivity contribution in [3.05, 3.63) is 36.4 Å². The van der Waals surface area contributed by atoms with Gasteiger partial charge in [0.15, 0.2) is 23.1 Å². The van der Waals surface area contributed by atoms with E-state index in [9.17, 15) is 0 Å². The Morgan fingerprint density at radius 2 is 1.40 bits per heavy atom. The second kappa shape index (κ2) is 7.12. The third kappa shape index (κ3) is 3.21. The van der Waals surface area contributed by atoms with Gasteiger partial charge in [0.25, 0.3) is 0 Å². The van der Waals surface area contributed by atoms with E-state index in [1.165, 1.54) is 0 Å². The van der Waals surface area contributed by atoms with Crippen molar-refractivity contribution in [3.63, 3.8) is 0 Å². The maximum Gasteiger partial charge on any atom is 0.203 e. The normalized spacial score (nSPS) is 10.4. The molecule has 1 aromatic heterocycles. The summed E-state index contributed by atoms with van der Waals surface area (Å²) in [5, 5.41) is 7.24. The second-order valence-corrected chi connectivity index (χ2v) is 5.15. The zero-order chi connectivity index (χ0) is 17.8. The quantitative estimate of drug-likeness (QED) is 0.742. The van der Waals surface area contributed by atoms with E-state index < -0.39 is 0 Å². The van der Waals surface area contributed by atoms with E-state index in [2.05, 4.69) is 15.2 Å². The number of nitrogens with zero attached hydrogens (tertiary/aromatic N) is 2. The Morgan fingerprint density at radius 3 is 1.92 bits per heavy atom. The van der Waals surface area contributed by atoms with Gasteiger partial charge in [-0.25, -0.2) is 4.98 Å². The third-order valence-electron chi connectivity index (χ3n) is 3.77. The van der Waals surface area contributed by atoms with Crippen molar-refractivity contribution in [1.82, 2.24) is 15.2 Å². The van der Waals surface area contributed by atoms with Gasteiger partial charge in [-0.3, -0.25) is 5.10 Å². The highest BCUT2D eigenvalue weighted by Crippen LogP contribution is 2.40. The molecule has 1 heterocycles. The van der Waals surface area contributed by atoms with E-state index in [-0.39, 0.29) is 0 Å². The summed E-state index contributed by atoms with van der Waals surface area (Å²) in [6.45, 7) is 0. The molecular formula is C18H19N3O4. The lowest BCUT2D eigenvalue weighted by atomic mass is 10.1. The van der Waals surface area contributed by atoms with Crippen LogP contribution in [0.2, 0.25) is 0 Å². The molecule has 0 radical (unpaired) electrons. The van der Waals surface area contributed by atoms with Crippen LogP contribution in [-0.4, -0.2) is 43.6 Å². The van der Waals surface area contributed by atoms with Crippen LogP contribution in [0.1, 0.15) is 0 Å². The number of nitrogens with one attached hydrogen (secondary N) is 1. The van der Waals surface area contributed by atoms with E-state index in [4.69, 9.17) is 18.9 Å². The molecule has 0 aliphatic carbocycles. The number of hydrogen-bond acceptors (Lipinski definition) is 6. The Kier molecular flexibility index (Phi) is 4.74. The van der Waals surface area contributed by atoms with Crippen molar-refractivity contribution in [2.24, 2.45) is 0 Å². The van der Waals surface area contributed by atoms with Crippen LogP contribution in [0.25, 0.3) is 22.8 Å². The molecule has 0 unspecified atom stereocenters. The highest BCUT2D eigenvalue weighted by Gasteiger charge is 2.16. The van der Waals surface area contributed by atoms with Gasteiger partial charge in [0.2, 0.25) is 5.75 Å². The maximum atomic E-state index is 5.37. The fraction of sp³-hybridized carbons (Fsp3) is 0.222. The molecule has 0 spiro atoms. The number of methoxy groups -OCH3 is 4. The smallest absolute Gasteiger partial charge is 0.203 e. The van der Waals surface area contributed by atoms with Gasteiger partial charge in [-0.2, -0.15) is 5.10 Å². The largest absolute Gasteiger partial charge is 0.497 e. The number of aromatic amines is 1. The predicted octanol–water partition coefficient (Wildman–Crippen LogP) is 3.17. The number of rotatable bonds is 6. The molecule has 0 bridgehead atoms. The third-order valence-corrected chi connectivity index (χ3v) is 3.77. The monoisotopic (exact) mass is 341 g/mol. The highest BCUT2D eigenvalue weighted by atomic mass is 16.5. The average molecular weight is 341 g/mol. The summed E-state index contributed by atoms with van der Waals surface area (Å²) >= 11 is 0. The molecule has 3 rings (SSSR count).